The second-order valence-corrected chi connectivity index (χ2v) is 5.56. The lowest BCUT2D eigenvalue weighted by Crippen LogP contribution is -2.44. The van der Waals surface area contributed by atoms with Gasteiger partial charge in [-0.2, -0.15) is 4.98 Å². The Morgan fingerprint density at radius 3 is 2.56 bits per heavy atom. The average molecular weight is 223 g/mol. The van der Waals surface area contributed by atoms with Crippen LogP contribution in [0.15, 0.2) is 0 Å². The van der Waals surface area contributed by atoms with Gasteiger partial charge in [-0.15, -0.1) is 5.10 Å². The molecule has 0 atom stereocenters. The lowest BCUT2D eigenvalue weighted by atomic mass is 9.92. The fourth-order valence-electron chi connectivity index (χ4n) is 1.87. The third-order valence-electron chi connectivity index (χ3n) is 2.62. The molecule has 1 fully saturated rings. The molecule has 1 aliphatic rings. The van der Waals surface area contributed by atoms with Crippen molar-refractivity contribution in [1.29, 1.82) is 0 Å². The predicted octanol–water partition coefficient (Wildman–Crippen LogP) is 0.803. The normalized spacial score (nSPS) is 17.8. The Morgan fingerprint density at radius 2 is 1.94 bits per heavy atom. The summed E-state index contributed by atoms with van der Waals surface area (Å²) in [4.78, 5) is 6.77. The molecule has 2 rings (SSSR count). The minimum absolute atomic E-state index is 0.250. The van der Waals surface area contributed by atoms with Crippen LogP contribution >= 0.6 is 0 Å². The van der Waals surface area contributed by atoms with Gasteiger partial charge in [0.1, 0.15) is 5.82 Å². The molecule has 0 aromatic carbocycles. The standard InChI is InChI=1S/C11H21N5/c1-11(2,3)8-9-13-10(15-14-9)16-6-4-12-5-7-16/h12H,4-8H2,1-3H3,(H,13,14,15). The molecule has 2 heterocycles. The first-order chi connectivity index (χ1) is 7.54. The number of hydrogen-bond donors (Lipinski definition) is 2. The first-order valence-corrected chi connectivity index (χ1v) is 5.91. The number of aromatic amines is 1. The molecule has 0 unspecified atom stereocenters. The molecule has 0 spiro atoms. The molecule has 5 nitrogen and oxygen atoms in total. The Labute approximate surface area is 96.6 Å². The zero-order valence-corrected chi connectivity index (χ0v) is 10.4. The summed E-state index contributed by atoms with van der Waals surface area (Å²) in [5.74, 6) is 1.83. The molecule has 0 aliphatic carbocycles. The summed E-state index contributed by atoms with van der Waals surface area (Å²) in [6.07, 6.45) is 0.937. The SMILES string of the molecule is CC(C)(C)Cc1nc(N2CCNCC2)n[nH]1. The zero-order valence-electron chi connectivity index (χ0n) is 10.4. The van der Waals surface area contributed by atoms with Gasteiger partial charge in [0.05, 0.1) is 0 Å². The van der Waals surface area contributed by atoms with Crippen LogP contribution < -0.4 is 10.2 Å². The maximum Gasteiger partial charge on any atom is 0.244 e. The van der Waals surface area contributed by atoms with Gasteiger partial charge in [-0.05, 0) is 5.41 Å². The topological polar surface area (TPSA) is 56.8 Å². The Balaban J connectivity index is 2.01. The van der Waals surface area contributed by atoms with E-state index < -0.39 is 0 Å². The van der Waals surface area contributed by atoms with Crippen molar-refractivity contribution in [3.8, 4) is 0 Å². The number of nitrogens with one attached hydrogen (secondary N) is 2. The second kappa shape index (κ2) is 4.41. The highest BCUT2D eigenvalue weighted by Gasteiger charge is 2.18. The number of H-pyrrole nitrogens is 1. The van der Waals surface area contributed by atoms with Crippen LogP contribution in [0.2, 0.25) is 0 Å². The number of rotatable bonds is 2. The number of aromatic nitrogens is 3. The number of nitrogens with zero attached hydrogens (tertiary/aromatic N) is 3. The fourth-order valence-corrected chi connectivity index (χ4v) is 1.87. The summed E-state index contributed by atoms with van der Waals surface area (Å²) in [5.41, 5.74) is 0.250. The van der Waals surface area contributed by atoms with Crippen molar-refractivity contribution in [2.75, 3.05) is 31.1 Å². The summed E-state index contributed by atoms with van der Waals surface area (Å²) in [5, 5.41) is 10.6. The summed E-state index contributed by atoms with van der Waals surface area (Å²) in [7, 11) is 0. The molecular weight excluding hydrogens is 202 g/mol. The van der Waals surface area contributed by atoms with Gasteiger partial charge >= 0.3 is 0 Å². The second-order valence-electron chi connectivity index (χ2n) is 5.56. The van der Waals surface area contributed by atoms with E-state index in [0.717, 1.165) is 44.4 Å². The molecule has 0 amide bonds. The monoisotopic (exact) mass is 223 g/mol. The highest BCUT2D eigenvalue weighted by molar-refractivity contribution is 5.29. The third-order valence-corrected chi connectivity index (χ3v) is 2.62. The Morgan fingerprint density at radius 1 is 1.25 bits per heavy atom. The van der Waals surface area contributed by atoms with Crippen molar-refractivity contribution in [2.45, 2.75) is 27.2 Å². The number of hydrogen-bond acceptors (Lipinski definition) is 4. The predicted molar refractivity (Wildman–Crippen MR) is 64.6 cm³/mol. The van der Waals surface area contributed by atoms with E-state index in [1.54, 1.807) is 0 Å². The van der Waals surface area contributed by atoms with Crippen LogP contribution in [-0.2, 0) is 6.42 Å². The van der Waals surface area contributed by atoms with E-state index >= 15 is 0 Å². The molecule has 1 aromatic heterocycles. The zero-order chi connectivity index (χ0) is 11.6. The lowest BCUT2D eigenvalue weighted by Gasteiger charge is -2.25. The van der Waals surface area contributed by atoms with Crippen molar-refractivity contribution in [3.63, 3.8) is 0 Å². The maximum atomic E-state index is 4.55. The van der Waals surface area contributed by atoms with E-state index in [1.807, 2.05) is 0 Å². The highest BCUT2D eigenvalue weighted by Crippen LogP contribution is 2.19. The van der Waals surface area contributed by atoms with Crippen molar-refractivity contribution >= 4 is 5.95 Å². The van der Waals surface area contributed by atoms with Gasteiger partial charge in [-0.25, -0.2) is 0 Å². The molecule has 16 heavy (non-hydrogen) atoms. The average Bonchev–Trinajstić information content (AvgIpc) is 2.65. The summed E-state index contributed by atoms with van der Waals surface area (Å²) in [6.45, 7) is 10.6. The summed E-state index contributed by atoms with van der Waals surface area (Å²) < 4.78 is 0. The van der Waals surface area contributed by atoms with Crippen LogP contribution in [0.1, 0.15) is 26.6 Å². The van der Waals surface area contributed by atoms with Crippen LogP contribution in [0.25, 0.3) is 0 Å². The molecule has 90 valence electrons. The Hall–Kier alpha value is -1.10. The minimum atomic E-state index is 0.250. The van der Waals surface area contributed by atoms with Gasteiger partial charge in [-0.3, -0.25) is 5.10 Å². The van der Waals surface area contributed by atoms with Gasteiger partial charge < -0.3 is 10.2 Å². The molecule has 0 saturated carbocycles. The van der Waals surface area contributed by atoms with E-state index in [9.17, 15) is 0 Å². The molecule has 1 aliphatic heterocycles. The van der Waals surface area contributed by atoms with E-state index in [2.05, 4.69) is 46.2 Å². The van der Waals surface area contributed by atoms with Crippen LogP contribution in [0, 0.1) is 5.41 Å². The molecule has 1 aromatic rings. The maximum absolute atomic E-state index is 4.55. The van der Waals surface area contributed by atoms with E-state index in [-0.39, 0.29) is 5.41 Å². The fraction of sp³-hybridized carbons (Fsp3) is 0.818. The largest absolute Gasteiger partial charge is 0.337 e. The Bertz CT molecular complexity index is 332. The van der Waals surface area contributed by atoms with Crippen molar-refractivity contribution in [2.24, 2.45) is 5.41 Å². The first-order valence-electron chi connectivity index (χ1n) is 5.91. The molecule has 2 N–H and O–H groups in total. The van der Waals surface area contributed by atoms with E-state index in [0.29, 0.717) is 0 Å². The molecule has 1 saturated heterocycles. The van der Waals surface area contributed by atoms with Crippen LogP contribution in [0.4, 0.5) is 5.95 Å². The van der Waals surface area contributed by atoms with Crippen molar-refractivity contribution < 1.29 is 0 Å². The van der Waals surface area contributed by atoms with Gasteiger partial charge in [0, 0.05) is 32.6 Å². The van der Waals surface area contributed by atoms with Crippen LogP contribution in [0.3, 0.4) is 0 Å². The van der Waals surface area contributed by atoms with Crippen LogP contribution in [-0.4, -0.2) is 41.4 Å². The third kappa shape index (κ3) is 2.95. The summed E-state index contributed by atoms with van der Waals surface area (Å²) >= 11 is 0. The quantitative estimate of drug-likeness (QED) is 0.779. The van der Waals surface area contributed by atoms with Gasteiger partial charge in [0.15, 0.2) is 0 Å². The van der Waals surface area contributed by atoms with Crippen LogP contribution in [0.5, 0.6) is 0 Å². The van der Waals surface area contributed by atoms with E-state index in [4.69, 9.17) is 0 Å². The number of piperazine rings is 1. The van der Waals surface area contributed by atoms with E-state index in [1.165, 1.54) is 0 Å². The summed E-state index contributed by atoms with van der Waals surface area (Å²) in [6, 6.07) is 0. The van der Waals surface area contributed by atoms with Crippen molar-refractivity contribution in [1.82, 2.24) is 20.5 Å². The Kier molecular flexibility index (Phi) is 3.14. The van der Waals surface area contributed by atoms with Gasteiger partial charge in [0.2, 0.25) is 5.95 Å². The smallest absolute Gasteiger partial charge is 0.244 e. The molecular formula is C11H21N5. The minimum Gasteiger partial charge on any atom is -0.337 e. The first kappa shape index (κ1) is 11.4. The molecule has 0 radical (unpaired) electrons. The van der Waals surface area contributed by atoms with Crippen molar-refractivity contribution in [3.05, 3.63) is 5.82 Å². The molecule has 5 heteroatoms. The van der Waals surface area contributed by atoms with Gasteiger partial charge in [-0.1, -0.05) is 20.8 Å². The highest BCUT2D eigenvalue weighted by atomic mass is 15.4. The molecule has 0 bridgehead atoms. The number of anilines is 1. The van der Waals surface area contributed by atoms with Gasteiger partial charge in [0.25, 0.3) is 0 Å². The lowest BCUT2D eigenvalue weighted by molar-refractivity contribution is 0.401.